The number of benzene rings is 1. The van der Waals surface area contributed by atoms with Crippen LogP contribution in [0.3, 0.4) is 0 Å². The summed E-state index contributed by atoms with van der Waals surface area (Å²) in [5.41, 5.74) is -0.816. The number of amides is 2. The van der Waals surface area contributed by atoms with E-state index in [4.69, 9.17) is 9.26 Å². The molecule has 0 aliphatic rings. The molecule has 1 aromatic carbocycles. The molecule has 30 heavy (non-hydrogen) atoms. The van der Waals surface area contributed by atoms with Gasteiger partial charge in [0.25, 0.3) is 5.91 Å². The Labute approximate surface area is 185 Å². The van der Waals surface area contributed by atoms with Crippen molar-refractivity contribution in [3.8, 4) is 11.5 Å². The predicted octanol–water partition coefficient (Wildman–Crippen LogP) is 4.88. The number of ether oxygens (including phenoxy) is 1. The lowest BCUT2D eigenvalue weighted by molar-refractivity contribution is -0.137. The Bertz CT molecular complexity index is 886. The quantitative estimate of drug-likeness (QED) is 0.196. The van der Waals surface area contributed by atoms with Gasteiger partial charge in [0.05, 0.1) is 30.4 Å². The summed E-state index contributed by atoms with van der Waals surface area (Å²) < 4.78 is 49.4. The fraction of sp³-hybridized carbons (Fsp3) is 0.278. The summed E-state index contributed by atoms with van der Waals surface area (Å²) in [6.07, 6.45) is -2.32. The molecule has 1 aromatic heterocycles. The Kier molecular flexibility index (Phi) is 9.25. The van der Waals surface area contributed by atoms with Gasteiger partial charge in [0.15, 0.2) is 0 Å². The molecule has 2 rings (SSSR count). The van der Waals surface area contributed by atoms with Gasteiger partial charge in [-0.05, 0) is 52.7 Å². The van der Waals surface area contributed by atoms with Crippen molar-refractivity contribution in [2.45, 2.75) is 12.6 Å². The number of halogens is 4. The standard InChI is InChI=1S/C18H18F3IN3O4P/c1-25(6-3-7-28-30-22)17(27)15-9-14(10-23-16(15)24-11-26)29-13-5-2-4-12(8-13)18(19,20)21/h2,4-5,8-11,30H,3,6-7H2,1H3,(H,23,24,26). The van der Waals surface area contributed by atoms with Crippen molar-refractivity contribution in [2.24, 2.45) is 0 Å². The highest BCUT2D eigenvalue weighted by molar-refractivity contribution is 14.2. The summed E-state index contributed by atoms with van der Waals surface area (Å²) >= 11 is 2.10. The first-order valence-corrected chi connectivity index (χ1v) is 12.6. The summed E-state index contributed by atoms with van der Waals surface area (Å²) in [6, 6.07) is 5.66. The van der Waals surface area contributed by atoms with Crippen molar-refractivity contribution in [3.63, 3.8) is 0 Å². The third-order valence-electron chi connectivity index (χ3n) is 3.83. The van der Waals surface area contributed by atoms with Crippen LogP contribution in [0.4, 0.5) is 19.0 Å². The zero-order valence-electron chi connectivity index (χ0n) is 15.7. The van der Waals surface area contributed by atoms with E-state index in [1.54, 1.807) is 7.05 Å². The highest BCUT2D eigenvalue weighted by Crippen LogP contribution is 2.33. The second-order valence-corrected chi connectivity index (χ2v) is 7.73. The molecule has 0 saturated heterocycles. The molecule has 7 nitrogen and oxygen atoms in total. The molecule has 1 N–H and O–H groups in total. The lowest BCUT2D eigenvalue weighted by atomic mass is 10.2. The topological polar surface area (TPSA) is 80.8 Å². The number of carbonyl (C=O) groups excluding carboxylic acids is 2. The Morgan fingerprint density at radius 2 is 2.10 bits per heavy atom. The number of hydrogen-bond acceptors (Lipinski definition) is 5. The van der Waals surface area contributed by atoms with Crippen LogP contribution in [0.1, 0.15) is 22.3 Å². The molecule has 0 saturated carbocycles. The normalized spacial score (nSPS) is 11.5. The molecule has 0 aliphatic heterocycles. The van der Waals surface area contributed by atoms with Gasteiger partial charge in [-0.2, -0.15) is 13.2 Å². The van der Waals surface area contributed by atoms with E-state index in [2.05, 4.69) is 32.3 Å². The summed E-state index contributed by atoms with van der Waals surface area (Å²) in [6.45, 7) is 1.22. The van der Waals surface area contributed by atoms with E-state index in [1.165, 1.54) is 29.3 Å². The van der Waals surface area contributed by atoms with Gasteiger partial charge < -0.3 is 19.5 Å². The van der Waals surface area contributed by atoms with Crippen molar-refractivity contribution in [1.29, 1.82) is 0 Å². The smallest absolute Gasteiger partial charge is 0.416 e. The van der Waals surface area contributed by atoms with Crippen LogP contribution < -0.4 is 10.1 Å². The lowest BCUT2D eigenvalue weighted by Crippen LogP contribution is -2.29. The summed E-state index contributed by atoms with van der Waals surface area (Å²) in [7, 11) is 1.58. The number of pyridine rings is 1. The fourth-order valence-electron chi connectivity index (χ4n) is 2.43. The number of aromatic nitrogens is 1. The first-order valence-electron chi connectivity index (χ1n) is 8.54. The molecular formula is C18H18F3IN3O4P. The highest BCUT2D eigenvalue weighted by Gasteiger charge is 2.30. The summed E-state index contributed by atoms with van der Waals surface area (Å²) in [5.74, 6) is -0.426. The molecule has 1 unspecified atom stereocenters. The van der Waals surface area contributed by atoms with Gasteiger partial charge in [-0.3, -0.25) is 9.59 Å². The molecule has 0 spiro atoms. The lowest BCUT2D eigenvalue weighted by Gasteiger charge is -2.19. The number of rotatable bonds is 10. The molecule has 12 heteroatoms. The minimum absolute atomic E-state index is 0.0169. The summed E-state index contributed by atoms with van der Waals surface area (Å²) in [5, 5.41) is 2.34. The molecule has 0 aliphatic carbocycles. The van der Waals surface area contributed by atoms with E-state index < -0.39 is 17.6 Å². The van der Waals surface area contributed by atoms with Gasteiger partial charge in [0.1, 0.15) is 17.3 Å². The van der Waals surface area contributed by atoms with Gasteiger partial charge >= 0.3 is 6.18 Å². The maximum atomic E-state index is 12.9. The summed E-state index contributed by atoms with van der Waals surface area (Å²) in [4.78, 5) is 29.0. The van der Waals surface area contributed by atoms with Crippen LogP contribution in [0.25, 0.3) is 0 Å². The third-order valence-corrected chi connectivity index (χ3v) is 5.07. The highest BCUT2D eigenvalue weighted by atomic mass is 127. The molecule has 0 fully saturated rings. The van der Waals surface area contributed by atoms with E-state index in [9.17, 15) is 22.8 Å². The number of anilines is 1. The molecule has 1 atom stereocenters. The average Bonchev–Trinajstić information content (AvgIpc) is 2.71. The van der Waals surface area contributed by atoms with Crippen LogP contribution in [-0.4, -0.2) is 42.4 Å². The van der Waals surface area contributed by atoms with E-state index in [1.807, 2.05) is 0 Å². The molecule has 0 radical (unpaired) electrons. The fourth-order valence-corrected chi connectivity index (χ4v) is 3.31. The number of carbonyl (C=O) groups is 2. The van der Waals surface area contributed by atoms with Crippen molar-refractivity contribution in [3.05, 3.63) is 47.7 Å². The van der Waals surface area contributed by atoms with Gasteiger partial charge in [-0.25, -0.2) is 4.98 Å². The Hall–Kier alpha value is -1.98. The van der Waals surface area contributed by atoms with Crippen molar-refractivity contribution in [1.82, 2.24) is 9.88 Å². The third kappa shape index (κ3) is 7.06. The number of hydrogen-bond donors (Lipinski definition) is 1. The van der Waals surface area contributed by atoms with Crippen LogP contribution in [0.15, 0.2) is 36.5 Å². The van der Waals surface area contributed by atoms with Crippen molar-refractivity contribution >= 4 is 46.6 Å². The maximum Gasteiger partial charge on any atom is 0.416 e. The minimum atomic E-state index is -4.51. The van der Waals surface area contributed by atoms with Gasteiger partial charge in [0.2, 0.25) is 6.41 Å². The number of nitrogens with one attached hydrogen (secondary N) is 1. The Morgan fingerprint density at radius 3 is 2.77 bits per heavy atom. The largest absolute Gasteiger partial charge is 0.456 e. The van der Waals surface area contributed by atoms with Crippen molar-refractivity contribution in [2.75, 3.05) is 25.5 Å². The molecule has 1 heterocycles. The van der Waals surface area contributed by atoms with Crippen LogP contribution in [0.2, 0.25) is 0 Å². The first-order chi connectivity index (χ1) is 14.3. The molecule has 2 aromatic rings. The van der Waals surface area contributed by atoms with E-state index in [-0.39, 0.29) is 22.9 Å². The van der Waals surface area contributed by atoms with E-state index in [0.29, 0.717) is 32.4 Å². The van der Waals surface area contributed by atoms with Crippen LogP contribution in [-0.2, 0) is 15.5 Å². The molecule has 162 valence electrons. The monoisotopic (exact) mass is 555 g/mol. The second-order valence-electron chi connectivity index (χ2n) is 5.96. The van der Waals surface area contributed by atoms with Gasteiger partial charge in [-0.15, -0.1) is 0 Å². The van der Waals surface area contributed by atoms with Gasteiger partial charge in [0, 0.05) is 13.6 Å². The minimum Gasteiger partial charge on any atom is -0.456 e. The first kappa shape index (κ1) is 24.3. The molecule has 2 amide bonds. The zero-order valence-corrected chi connectivity index (χ0v) is 18.9. The average molecular weight is 555 g/mol. The number of alkyl halides is 3. The van der Waals surface area contributed by atoms with E-state index >= 15 is 0 Å². The number of nitrogens with zero attached hydrogens (tertiary/aromatic N) is 2. The Balaban J connectivity index is 2.23. The SMILES string of the molecule is CN(CCCOPI)C(=O)c1cc(Oc2cccc(C(F)(F)F)c2)cnc1NC=O. The molecule has 0 bridgehead atoms. The zero-order chi connectivity index (χ0) is 22.1. The van der Waals surface area contributed by atoms with E-state index in [0.717, 1.165) is 12.1 Å². The Morgan fingerprint density at radius 1 is 1.33 bits per heavy atom. The van der Waals surface area contributed by atoms with Gasteiger partial charge in [-0.1, -0.05) is 6.07 Å². The van der Waals surface area contributed by atoms with Crippen LogP contribution >= 0.6 is 28.5 Å². The molecular weight excluding hydrogens is 537 g/mol. The van der Waals surface area contributed by atoms with Crippen LogP contribution in [0, 0.1) is 0 Å². The maximum absolute atomic E-state index is 12.9. The van der Waals surface area contributed by atoms with Crippen LogP contribution in [0.5, 0.6) is 11.5 Å². The van der Waals surface area contributed by atoms with Crippen molar-refractivity contribution < 1.29 is 32.0 Å². The second kappa shape index (κ2) is 11.4. The predicted molar refractivity (Wildman–Crippen MR) is 115 cm³/mol.